The maximum atomic E-state index is 9.27. The molecule has 0 aliphatic carbocycles. The van der Waals surface area contributed by atoms with Crippen molar-refractivity contribution in [2.75, 3.05) is 5.32 Å². The van der Waals surface area contributed by atoms with Crippen molar-refractivity contribution in [1.29, 1.82) is 5.26 Å². The Kier molecular flexibility index (Phi) is 6.75. The van der Waals surface area contributed by atoms with E-state index in [0.29, 0.717) is 23.1 Å². The molecular formula is C29H23N7OS2. The second-order valence-corrected chi connectivity index (χ2v) is 10.8. The summed E-state index contributed by atoms with van der Waals surface area (Å²) in [4.78, 5) is 9.36. The predicted molar refractivity (Wildman–Crippen MR) is 155 cm³/mol. The number of hydrogen-bond acceptors (Lipinski definition) is 9. The van der Waals surface area contributed by atoms with Crippen LogP contribution in [0.2, 0.25) is 0 Å². The minimum Gasteiger partial charge on any atom is -0.437 e. The fraction of sp³-hybridized carbons (Fsp3) is 0.138. The Labute approximate surface area is 233 Å². The third-order valence-electron chi connectivity index (χ3n) is 6.25. The van der Waals surface area contributed by atoms with Crippen LogP contribution in [-0.4, -0.2) is 25.0 Å². The van der Waals surface area contributed by atoms with E-state index in [4.69, 9.17) is 4.74 Å². The lowest BCUT2D eigenvalue weighted by Crippen LogP contribution is -2.01. The molecule has 39 heavy (non-hydrogen) atoms. The van der Waals surface area contributed by atoms with Crippen LogP contribution in [0.3, 0.4) is 0 Å². The Balaban J connectivity index is 1.20. The van der Waals surface area contributed by atoms with Gasteiger partial charge in [0.25, 0.3) is 0 Å². The SMILES string of the molecule is Cc1cc(C#N)cc(C)c1Oc1nc(Nc2ccc(-c3cn(CCc4ccsc4)nn3)cc2)nc2ccsc12. The van der Waals surface area contributed by atoms with Gasteiger partial charge in [0, 0.05) is 17.8 Å². The number of benzene rings is 2. The van der Waals surface area contributed by atoms with Gasteiger partial charge in [0.1, 0.15) is 16.1 Å². The minimum atomic E-state index is 0.437. The van der Waals surface area contributed by atoms with Crippen molar-refractivity contribution in [3.63, 3.8) is 0 Å². The van der Waals surface area contributed by atoms with E-state index in [2.05, 4.69) is 48.5 Å². The molecule has 6 aromatic rings. The summed E-state index contributed by atoms with van der Waals surface area (Å²) in [5.41, 5.74) is 7.12. The first-order chi connectivity index (χ1) is 19.1. The fourth-order valence-corrected chi connectivity index (χ4v) is 5.76. The number of anilines is 2. The lowest BCUT2D eigenvalue weighted by molar-refractivity contribution is 0.463. The Hall–Kier alpha value is -4.59. The zero-order valence-electron chi connectivity index (χ0n) is 21.3. The quantitative estimate of drug-likeness (QED) is 0.213. The molecule has 0 saturated heterocycles. The highest BCUT2D eigenvalue weighted by Gasteiger charge is 2.15. The van der Waals surface area contributed by atoms with E-state index in [-0.39, 0.29) is 0 Å². The number of hydrogen-bond donors (Lipinski definition) is 1. The van der Waals surface area contributed by atoms with Gasteiger partial charge in [-0.25, -0.2) is 4.98 Å². The van der Waals surface area contributed by atoms with Crippen molar-refractivity contribution < 1.29 is 4.74 Å². The van der Waals surface area contributed by atoms with Crippen LogP contribution in [0.1, 0.15) is 22.3 Å². The molecule has 0 fully saturated rings. The van der Waals surface area contributed by atoms with E-state index in [9.17, 15) is 5.26 Å². The highest BCUT2D eigenvalue weighted by atomic mass is 32.1. The van der Waals surface area contributed by atoms with E-state index in [1.165, 1.54) is 16.9 Å². The van der Waals surface area contributed by atoms with Crippen LogP contribution in [0, 0.1) is 25.2 Å². The van der Waals surface area contributed by atoms with Gasteiger partial charge >= 0.3 is 0 Å². The maximum absolute atomic E-state index is 9.27. The number of fused-ring (bicyclic) bond motifs is 1. The van der Waals surface area contributed by atoms with Crippen molar-refractivity contribution in [2.24, 2.45) is 0 Å². The van der Waals surface area contributed by atoms with Gasteiger partial charge < -0.3 is 10.1 Å². The smallest absolute Gasteiger partial charge is 0.242 e. The first-order valence-corrected chi connectivity index (χ1v) is 14.1. The molecule has 10 heteroatoms. The summed E-state index contributed by atoms with van der Waals surface area (Å²) in [5, 5.41) is 27.4. The van der Waals surface area contributed by atoms with Crippen LogP contribution in [0.25, 0.3) is 21.5 Å². The van der Waals surface area contributed by atoms with Crippen molar-refractivity contribution in [3.8, 4) is 29.0 Å². The van der Waals surface area contributed by atoms with E-state index >= 15 is 0 Å². The number of rotatable bonds is 8. The van der Waals surface area contributed by atoms with Crippen LogP contribution in [0.4, 0.5) is 11.6 Å². The summed E-state index contributed by atoms with van der Waals surface area (Å²) < 4.78 is 9.04. The number of nitriles is 1. The number of thiophene rings is 2. The van der Waals surface area contributed by atoms with E-state index in [1.54, 1.807) is 11.3 Å². The second kappa shape index (κ2) is 10.6. The monoisotopic (exact) mass is 549 g/mol. The van der Waals surface area contributed by atoms with Gasteiger partial charge in [-0.1, -0.05) is 17.3 Å². The van der Waals surface area contributed by atoms with Gasteiger partial charge in [-0.05, 0) is 89.5 Å². The number of aryl methyl sites for hydroxylation is 4. The molecule has 0 unspecified atom stereocenters. The van der Waals surface area contributed by atoms with E-state index in [0.717, 1.165) is 51.3 Å². The molecule has 0 amide bonds. The van der Waals surface area contributed by atoms with Gasteiger partial charge in [0.15, 0.2) is 0 Å². The topological polar surface area (TPSA) is 102 Å². The van der Waals surface area contributed by atoms with Crippen LogP contribution in [-0.2, 0) is 13.0 Å². The zero-order chi connectivity index (χ0) is 26.8. The third-order valence-corrected chi connectivity index (χ3v) is 7.87. The Bertz CT molecular complexity index is 1780. The van der Waals surface area contributed by atoms with E-state index in [1.807, 2.05) is 72.6 Å². The number of nitrogens with zero attached hydrogens (tertiary/aromatic N) is 6. The molecule has 6 rings (SSSR count). The molecule has 8 nitrogen and oxygen atoms in total. The maximum Gasteiger partial charge on any atom is 0.242 e. The van der Waals surface area contributed by atoms with Gasteiger partial charge in [-0.3, -0.25) is 4.68 Å². The zero-order valence-corrected chi connectivity index (χ0v) is 22.9. The molecule has 0 aliphatic heterocycles. The standard InChI is InChI=1S/C29H23N7OS2/c1-18-13-21(15-30)14-19(2)26(18)37-28-27-24(9-12-39-27)32-29(33-28)31-23-5-3-22(4-6-23)25-16-36(35-34-25)10-7-20-8-11-38-17-20/h3-6,8-9,11-14,16-17H,7,10H2,1-2H3,(H,31,32,33). The molecule has 0 bridgehead atoms. The average Bonchev–Trinajstić information content (AvgIpc) is 3.72. The van der Waals surface area contributed by atoms with Crippen LogP contribution in [0.15, 0.2) is 70.9 Å². The first-order valence-electron chi connectivity index (χ1n) is 12.3. The summed E-state index contributed by atoms with van der Waals surface area (Å²) in [7, 11) is 0. The summed E-state index contributed by atoms with van der Waals surface area (Å²) >= 11 is 3.23. The number of ether oxygens (including phenoxy) is 1. The highest BCUT2D eigenvalue weighted by Crippen LogP contribution is 2.36. The predicted octanol–water partition coefficient (Wildman–Crippen LogP) is 7.28. The fourth-order valence-electron chi connectivity index (χ4n) is 4.31. The van der Waals surface area contributed by atoms with Crippen LogP contribution in [0.5, 0.6) is 11.6 Å². The van der Waals surface area contributed by atoms with Crippen molar-refractivity contribution in [1.82, 2.24) is 25.0 Å². The molecule has 192 valence electrons. The van der Waals surface area contributed by atoms with Gasteiger partial charge in [-0.2, -0.15) is 21.6 Å². The molecule has 0 atom stereocenters. The van der Waals surface area contributed by atoms with Crippen molar-refractivity contribution in [2.45, 2.75) is 26.8 Å². The molecular weight excluding hydrogens is 527 g/mol. The molecule has 1 N–H and O–H groups in total. The van der Waals surface area contributed by atoms with Gasteiger partial charge in [-0.15, -0.1) is 16.4 Å². The molecule has 4 heterocycles. The first kappa shape index (κ1) is 24.7. The normalized spacial score (nSPS) is 11.0. The lowest BCUT2D eigenvalue weighted by atomic mass is 10.1. The van der Waals surface area contributed by atoms with Crippen molar-refractivity contribution >= 4 is 44.5 Å². The Morgan fingerprint density at radius 3 is 2.59 bits per heavy atom. The summed E-state index contributed by atoms with van der Waals surface area (Å²) in [5.74, 6) is 1.61. The molecule has 4 aromatic heterocycles. The third kappa shape index (κ3) is 5.36. The van der Waals surface area contributed by atoms with Crippen LogP contribution < -0.4 is 10.1 Å². The molecule has 2 aromatic carbocycles. The summed E-state index contributed by atoms with van der Waals surface area (Å²) in [6, 6.07) is 17.8. The number of aromatic nitrogens is 5. The van der Waals surface area contributed by atoms with Crippen LogP contribution >= 0.6 is 22.7 Å². The van der Waals surface area contributed by atoms with Crippen molar-refractivity contribution in [3.05, 3.63) is 93.1 Å². The second-order valence-electron chi connectivity index (χ2n) is 9.09. The molecule has 0 spiro atoms. The Morgan fingerprint density at radius 2 is 1.85 bits per heavy atom. The summed E-state index contributed by atoms with van der Waals surface area (Å²) in [6.07, 6.45) is 2.90. The van der Waals surface area contributed by atoms with E-state index < -0.39 is 0 Å². The molecule has 0 aliphatic rings. The minimum absolute atomic E-state index is 0.437. The molecule has 0 saturated carbocycles. The highest BCUT2D eigenvalue weighted by molar-refractivity contribution is 7.17. The Morgan fingerprint density at radius 1 is 1.03 bits per heavy atom. The van der Waals surface area contributed by atoms with Gasteiger partial charge in [0.2, 0.25) is 11.8 Å². The largest absolute Gasteiger partial charge is 0.437 e. The van der Waals surface area contributed by atoms with Gasteiger partial charge in [0.05, 0.1) is 23.3 Å². The number of nitrogens with one attached hydrogen (secondary N) is 1. The summed E-state index contributed by atoms with van der Waals surface area (Å²) in [6.45, 7) is 4.65. The molecule has 0 radical (unpaired) electrons. The average molecular weight is 550 g/mol. The lowest BCUT2D eigenvalue weighted by Gasteiger charge is -2.13.